The minimum absolute atomic E-state index is 0.673. The number of hydrogen-bond donors (Lipinski definition) is 4. The van der Waals surface area contributed by atoms with E-state index in [9.17, 15) is 16.8 Å². The van der Waals surface area contributed by atoms with E-state index in [0.717, 1.165) is 0 Å². The van der Waals surface area contributed by atoms with Crippen molar-refractivity contribution in [3.63, 3.8) is 0 Å². The zero-order valence-electron chi connectivity index (χ0n) is 8.07. The molecule has 0 fully saturated rings. The van der Waals surface area contributed by atoms with Crippen molar-refractivity contribution in [2.45, 2.75) is 12.8 Å². The summed E-state index contributed by atoms with van der Waals surface area (Å²) in [5.74, 6) is 0. The molecule has 0 aromatic heterocycles. The first kappa shape index (κ1) is 15.5. The van der Waals surface area contributed by atoms with Gasteiger partial charge in [0, 0.05) is 26.1 Å². The van der Waals surface area contributed by atoms with E-state index in [1.165, 1.54) is 0 Å². The second kappa shape index (κ2) is 5.70. The molecule has 0 amide bonds. The molecule has 10 heteroatoms. The Morgan fingerprint density at radius 3 is 1.12 bits per heavy atom. The first-order chi connectivity index (χ1) is 7.14. The van der Waals surface area contributed by atoms with Crippen LogP contribution < -0.4 is 0 Å². The van der Waals surface area contributed by atoms with Crippen molar-refractivity contribution in [3.05, 3.63) is 9.81 Å². The maximum atomic E-state index is 10.8. The fourth-order valence-electron chi connectivity index (χ4n) is 1.03. The topological polar surface area (TPSA) is 149 Å². The van der Waals surface area contributed by atoms with Gasteiger partial charge in [0.05, 0.1) is 9.81 Å². The Morgan fingerprint density at radius 2 is 1.00 bits per heavy atom. The highest BCUT2D eigenvalue weighted by Gasteiger charge is 2.26. The van der Waals surface area contributed by atoms with Crippen LogP contribution in [0.5, 0.6) is 0 Å². The van der Waals surface area contributed by atoms with Crippen LogP contribution in [0, 0.1) is 0 Å². The van der Waals surface area contributed by atoms with E-state index in [1.54, 1.807) is 0 Å². The summed E-state index contributed by atoms with van der Waals surface area (Å²) in [7, 11) is -9.72. The van der Waals surface area contributed by atoms with Crippen molar-refractivity contribution in [3.8, 4) is 0 Å². The lowest BCUT2D eigenvalue weighted by molar-refractivity contribution is 0.294. The molecule has 0 saturated heterocycles. The van der Waals surface area contributed by atoms with Gasteiger partial charge in [-0.05, 0) is 0 Å². The van der Waals surface area contributed by atoms with Gasteiger partial charge in [-0.25, -0.2) is 0 Å². The molecule has 0 heterocycles. The third-order valence-corrected chi connectivity index (χ3v) is 3.89. The van der Waals surface area contributed by atoms with Crippen LogP contribution in [0.1, 0.15) is 12.8 Å². The number of hydrogen-bond acceptors (Lipinski definition) is 6. The normalized spacial score (nSPS) is 14.8. The van der Waals surface area contributed by atoms with Gasteiger partial charge in [-0.15, -0.1) is 0 Å². The smallest absolute Gasteiger partial charge is 0.291 e. The average Bonchev–Trinajstić information content (AvgIpc) is 2.07. The van der Waals surface area contributed by atoms with Crippen LogP contribution in [0.25, 0.3) is 0 Å². The lowest BCUT2D eigenvalue weighted by Crippen LogP contribution is -2.14. The quantitative estimate of drug-likeness (QED) is 0.439. The van der Waals surface area contributed by atoms with Gasteiger partial charge in [-0.3, -0.25) is 9.11 Å². The molecule has 8 nitrogen and oxygen atoms in total. The summed E-state index contributed by atoms with van der Waals surface area (Å²) in [5.41, 5.74) is 0. The highest BCUT2D eigenvalue weighted by molar-refractivity contribution is 7.93. The van der Waals surface area contributed by atoms with E-state index in [2.05, 4.69) is 0 Å². The summed E-state index contributed by atoms with van der Waals surface area (Å²) in [5, 5.41) is 17.1. The molecule has 0 bridgehead atoms. The molecule has 0 aromatic rings. The van der Waals surface area contributed by atoms with Gasteiger partial charge in [0.25, 0.3) is 20.2 Å². The molecule has 96 valence electrons. The summed E-state index contributed by atoms with van der Waals surface area (Å²) in [6, 6.07) is 0. The van der Waals surface area contributed by atoms with E-state index in [-0.39, 0.29) is 0 Å². The third-order valence-electron chi connectivity index (χ3n) is 1.61. The SMILES string of the molecule is O=S(=O)(O)/C(CCO)=C(\CCO)S(=O)(=O)O. The molecule has 0 aromatic carbocycles. The van der Waals surface area contributed by atoms with Gasteiger partial charge in [-0.1, -0.05) is 0 Å². The second-order valence-electron chi connectivity index (χ2n) is 2.74. The van der Waals surface area contributed by atoms with Crippen molar-refractivity contribution in [2.75, 3.05) is 13.2 Å². The zero-order chi connectivity index (χ0) is 13.0. The van der Waals surface area contributed by atoms with Crippen LogP contribution in [-0.2, 0) is 20.2 Å². The Morgan fingerprint density at radius 1 is 0.750 bits per heavy atom. The summed E-state index contributed by atoms with van der Waals surface area (Å²) >= 11 is 0. The molecule has 0 saturated carbocycles. The molecule has 0 atom stereocenters. The monoisotopic (exact) mass is 276 g/mol. The summed E-state index contributed by atoms with van der Waals surface area (Å²) in [6.45, 7) is -1.47. The molecular formula is C6H12O8S2. The first-order valence-corrected chi connectivity index (χ1v) is 6.91. The lowest BCUT2D eigenvalue weighted by Gasteiger charge is -2.08. The van der Waals surface area contributed by atoms with Crippen LogP contribution >= 0.6 is 0 Å². The van der Waals surface area contributed by atoms with E-state index in [1.807, 2.05) is 0 Å². The third kappa shape index (κ3) is 4.55. The fraction of sp³-hybridized carbons (Fsp3) is 0.667. The highest BCUT2D eigenvalue weighted by atomic mass is 32.2. The summed E-state index contributed by atoms with van der Waals surface area (Å²) in [4.78, 5) is -2.04. The van der Waals surface area contributed by atoms with Crippen LogP contribution in [0.2, 0.25) is 0 Å². The number of aliphatic hydroxyl groups is 2. The van der Waals surface area contributed by atoms with E-state index in [0.29, 0.717) is 0 Å². The van der Waals surface area contributed by atoms with Crippen molar-refractivity contribution in [1.82, 2.24) is 0 Å². The van der Waals surface area contributed by atoms with Gasteiger partial charge in [0.1, 0.15) is 0 Å². The van der Waals surface area contributed by atoms with E-state index in [4.69, 9.17) is 19.3 Å². The minimum atomic E-state index is -4.86. The summed E-state index contributed by atoms with van der Waals surface area (Å²) in [6.07, 6.45) is -1.35. The number of aliphatic hydroxyl groups excluding tert-OH is 2. The molecule has 0 aliphatic heterocycles. The molecule has 0 aliphatic rings. The molecular weight excluding hydrogens is 264 g/mol. The first-order valence-electron chi connectivity index (χ1n) is 4.03. The molecule has 0 unspecified atom stereocenters. The van der Waals surface area contributed by atoms with Crippen molar-refractivity contribution in [2.24, 2.45) is 0 Å². The van der Waals surface area contributed by atoms with Gasteiger partial charge in [0.2, 0.25) is 0 Å². The number of rotatable bonds is 6. The van der Waals surface area contributed by atoms with Gasteiger partial charge in [-0.2, -0.15) is 16.8 Å². The van der Waals surface area contributed by atoms with Gasteiger partial charge >= 0.3 is 0 Å². The maximum absolute atomic E-state index is 10.8. The second-order valence-corrected chi connectivity index (χ2v) is 5.63. The Bertz CT molecular complexity index is 413. The van der Waals surface area contributed by atoms with Crippen LogP contribution in [-0.4, -0.2) is 49.4 Å². The minimum Gasteiger partial charge on any atom is -0.396 e. The van der Waals surface area contributed by atoms with Crippen molar-refractivity contribution in [1.29, 1.82) is 0 Å². The predicted octanol–water partition coefficient (Wildman–Crippen LogP) is -1.26. The van der Waals surface area contributed by atoms with Crippen molar-refractivity contribution >= 4 is 20.2 Å². The maximum Gasteiger partial charge on any atom is 0.291 e. The standard InChI is InChI=1S/C6H12O8S2/c7-3-1-5(15(9,10)11)6(2-4-8)16(12,13)14/h7-8H,1-4H2,(H,9,10,11)(H,12,13,14)/b6-5+. The molecule has 0 rings (SSSR count). The highest BCUT2D eigenvalue weighted by Crippen LogP contribution is 2.21. The summed E-state index contributed by atoms with van der Waals surface area (Å²) < 4.78 is 60.7. The average molecular weight is 276 g/mol. The lowest BCUT2D eigenvalue weighted by atomic mass is 10.3. The fourth-order valence-corrected chi connectivity index (χ4v) is 3.14. The van der Waals surface area contributed by atoms with Crippen molar-refractivity contribution < 1.29 is 36.2 Å². The van der Waals surface area contributed by atoms with E-state index >= 15 is 0 Å². The Hall–Kier alpha value is -0.520. The molecule has 0 spiro atoms. The molecule has 0 radical (unpaired) electrons. The van der Waals surface area contributed by atoms with Crippen LogP contribution in [0.3, 0.4) is 0 Å². The Balaban J connectivity index is 5.85. The van der Waals surface area contributed by atoms with E-state index < -0.39 is 56.1 Å². The zero-order valence-corrected chi connectivity index (χ0v) is 9.70. The predicted molar refractivity (Wildman–Crippen MR) is 53.5 cm³/mol. The Labute approximate surface area is 92.7 Å². The molecule has 4 N–H and O–H groups in total. The van der Waals surface area contributed by atoms with Crippen LogP contribution in [0.15, 0.2) is 9.81 Å². The van der Waals surface area contributed by atoms with Crippen LogP contribution in [0.4, 0.5) is 0 Å². The molecule has 16 heavy (non-hydrogen) atoms. The largest absolute Gasteiger partial charge is 0.396 e. The molecule has 0 aliphatic carbocycles. The van der Waals surface area contributed by atoms with Gasteiger partial charge < -0.3 is 10.2 Å². The Kier molecular flexibility index (Phi) is 5.52. The van der Waals surface area contributed by atoms with Gasteiger partial charge in [0.15, 0.2) is 0 Å².